The molecule has 0 fully saturated rings. The third-order valence-corrected chi connectivity index (χ3v) is 4.00. The molecule has 1 aromatic carbocycles. The maximum absolute atomic E-state index is 12.8. The van der Waals surface area contributed by atoms with Gasteiger partial charge in [0.1, 0.15) is 0 Å². The molecule has 0 spiro atoms. The van der Waals surface area contributed by atoms with Crippen LogP contribution in [0.15, 0.2) is 49.6 Å². The van der Waals surface area contributed by atoms with E-state index in [1.54, 1.807) is 24.3 Å². The summed E-state index contributed by atoms with van der Waals surface area (Å²) in [6.45, 7) is 8.92. The molecule has 1 rings (SSSR count). The summed E-state index contributed by atoms with van der Waals surface area (Å²) in [5, 5.41) is 1.14. The van der Waals surface area contributed by atoms with Gasteiger partial charge in [0, 0.05) is 19.0 Å². The van der Waals surface area contributed by atoms with Gasteiger partial charge in [-0.15, -0.1) is 13.2 Å². The highest BCUT2D eigenvalue weighted by molar-refractivity contribution is 5.99. The second-order valence-electron chi connectivity index (χ2n) is 5.94. The first-order chi connectivity index (χ1) is 13.0. The molecule has 1 aromatic rings. The van der Waals surface area contributed by atoms with E-state index in [1.165, 1.54) is 14.2 Å². The summed E-state index contributed by atoms with van der Waals surface area (Å²) in [5.41, 5.74) is 1.35. The minimum absolute atomic E-state index is 0.0814. The Labute approximate surface area is 161 Å². The van der Waals surface area contributed by atoms with Crippen LogP contribution in [0.25, 0.3) is 0 Å². The van der Waals surface area contributed by atoms with Gasteiger partial charge in [-0.2, -0.15) is 0 Å². The number of allylic oxidation sites excluding steroid dienone is 1. The topological polar surface area (TPSA) is 65.1 Å². The smallest absolute Gasteiger partial charge is 0.249 e. The summed E-state index contributed by atoms with van der Waals surface area (Å²) in [5.74, 6) is -0.873. The Balaban J connectivity index is 2.73. The molecule has 0 aliphatic rings. The van der Waals surface area contributed by atoms with Crippen LogP contribution in [0.2, 0.25) is 0 Å². The van der Waals surface area contributed by atoms with Gasteiger partial charge in [-0.25, -0.2) is 5.06 Å². The number of hydrogen-bond acceptors (Lipinski definition) is 5. The molecule has 0 aliphatic heterocycles. The van der Waals surface area contributed by atoms with Crippen molar-refractivity contribution in [2.45, 2.75) is 19.4 Å². The number of Topliss-reactive ketones (excluding diaryl/α,β-unsaturated/α-hetero) is 1. The van der Waals surface area contributed by atoms with Gasteiger partial charge in [0.2, 0.25) is 5.91 Å². The first-order valence-corrected chi connectivity index (χ1v) is 8.85. The minimum atomic E-state index is -0.513. The number of carbonyl (C=O) groups is 2. The van der Waals surface area contributed by atoms with E-state index in [4.69, 9.17) is 14.3 Å². The van der Waals surface area contributed by atoms with Crippen molar-refractivity contribution in [2.24, 2.45) is 5.92 Å². The van der Waals surface area contributed by atoms with Crippen molar-refractivity contribution in [3.8, 4) is 0 Å². The third-order valence-electron chi connectivity index (χ3n) is 4.00. The van der Waals surface area contributed by atoms with Crippen molar-refractivity contribution in [1.29, 1.82) is 0 Å². The number of amides is 1. The lowest BCUT2D eigenvalue weighted by atomic mass is 9.92. The van der Waals surface area contributed by atoms with Crippen LogP contribution in [-0.2, 0) is 25.7 Å². The van der Waals surface area contributed by atoms with Gasteiger partial charge in [0.15, 0.2) is 5.78 Å². The van der Waals surface area contributed by atoms with Crippen molar-refractivity contribution in [1.82, 2.24) is 5.06 Å². The zero-order valence-corrected chi connectivity index (χ0v) is 16.2. The molecule has 0 unspecified atom stereocenters. The van der Waals surface area contributed by atoms with Crippen LogP contribution in [-0.4, -0.2) is 50.7 Å². The van der Waals surface area contributed by atoms with E-state index in [9.17, 15) is 9.59 Å². The lowest BCUT2D eigenvalue weighted by Gasteiger charge is -2.20. The maximum Gasteiger partial charge on any atom is 0.249 e. The molecule has 27 heavy (non-hydrogen) atoms. The summed E-state index contributed by atoms with van der Waals surface area (Å²) in [7, 11) is 2.94. The van der Waals surface area contributed by atoms with E-state index < -0.39 is 5.92 Å². The highest BCUT2D eigenvalue weighted by atomic mass is 16.7. The number of hydroxylamine groups is 2. The summed E-state index contributed by atoms with van der Waals surface area (Å²) in [6, 6.07) is 7.26. The Hall–Kier alpha value is -2.28. The van der Waals surface area contributed by atoms with E-state index in [-0.39, 0.29) is 18.1 Å². The van der Waals surface area contributed by atoms with Gasteiger partial charge in [-0.05, 0) is 12.0 Å². The molecule has 0 radical (unpaired) electrons. The average Bonchev–Trinajstić information content (AvgIpc) is 2.69. The van der Waals surface area contributed by atoms with Crippen molar-refractivity contribution >= 4 is 11.7 Å². The number of benzene rings is 1. The van der Waals surface area contributed by atoms with Crippen LogP contribution in [0.4, 0.5) is 0 Å². The zero-order valence-electron chi connectivity index (χ0n) is 16.2. The Bertz CT molecular complexity index is 629. The van der Waals surface area contributed by atoms with Gasteiger partial charge >= 0.3 is 0 Å². The first-order valence-electron chi connectivity index (χ1n) is 8.85. The molecule has 6 nitrogen and oxygen atoms in total. The largest absolute Gasteiger partial charge is 0.375 e. The highest BCUT2D eigenvalue weighted by Crippen LogP contribution is 2.19. The van der Waals surface area contributed by atoms with Crippen molar-refractivity contribution in [2.75, 3.05) is 34.0 Å². The van der Waals surface area contributed by atoms with Crippen LogP contribution >= 0.6 is 0 Å². The number of hydrogen-bond donors (Lipinski definition) is 0. The summed E-state index contributed by atoms with van der Waals surface area (Å²) < 4.78 is 10.9. The van der Waals surface area contributed by atoms with Crippen molar-refractivity contribution < 1.29 is 23.9 Å². The fourth-order valence-electron chi connectivity index (χ4n) is 2.54. The summed E-state index contributed by atoms with van der Waals surface area (Å²) in [6.07, 6.45) is 3.79. The monoisotopic (exact) mass is 375 g/mol. The third kappa shape index (κ3) is 7.86. The Morgan fingerprint density at radius 2 is 1.85 bits per heavy atom. The lowest BCUT2D eigenvalue weighted by molar-refractivity contribution is -0.173. The molecule has 0 saturated heterocycles. The van der Waals surface area contributed by atoms with Crippen LogP contribution < -0.4 is 0 Å². The SMILES string of the molecule is C=CCOCCOCc1ccccc1C(=O)C[C@@H](CC=C)C(=O)N(C)OC. The molecule has 0 bridgehead atoms. The number of nitrogens with zero attached hydrogens (tertiary/aromatic N) is 1. The molecule has 6 heteroatoms. The average molecular weight is 375 g/mol. The molecular weight excluding hydrogens is 346 g/mol. The van der Waals surface area contributed by atoms with Gasteiger partial charge < -0.3 is 9.47 Å². The quantitative estimate of drug-likeness (QED) is 0.216. The Morgan fingerprint density at radius 3 is 2.52 bits per heavy atom. The Kier molecular flexibility index (Phi) is 10.9. The summed E-state index contributed by atoms with van der Waals surface area (Å²) >= 11 is 0. The second kappa shape index (κ2) is 13.0. The van der Waals surface area contributed by atoms with Crippen LogP contribution in [0.3, 0.4) is 0 Å². The number of rotatable bonds is 14. The molecule has 0 aliphatic carbocycles. The molecule has 148 valence electrons. The van der Waals surface area contributed by atoms with Gasteiger partial charge in [-0.3, -0.25) is 14.4 Å². The van der Waals surface area contributed by atoms with Gasteiger partial charge in [0.25, 0.3) is 0 Å². The van der Waals surface area contributed by atoms with Crippen LogP contribution in [0.5, 0.6) is 0 Å². The normalized spacial score (nSPS) is 11.6. The van der Waals surface area contributed by atoms with Crippen LogP contribution in [0.1, 0.15) is 28.8 Å². The van der Waals surface area contributed by atoms with E-state index in [2.05, 4.69) is 13.2 Å². The lowest BCUT2D eigenvalue weighted by Crippen LogP contribution is -2.33. The molecule has 0 N–H and O–H groups in total. The molecule has 1 atom stereocenters. The highest BCUT2D eigenvalue weighted by Gasteiger charge is 2.25. The predicted octanol–water partition coefficient (Wildman–Crippen LogP) is 3.19. The van der Waals surface area contributed by atoms with E-state index >= 15 is 0 Å². The fraction of sp³-hybridized carbons (Fsp3) is 0.429. The van der Waals surface area contributed by atoms with Crippen molar-refractivity contribution in [3.05, 3.63) is 60.7 Å². The number of carbonyl (C=O) groups excluding carboxylic acids is 2. The maximum atomic E-state index is 12.8. The standard InChI is InChI=1S/C21H29NO5/c1-5-9-17(21(24)22(3)25-4)15-20(23)19-11-8-7-10-18(19)16-27-14-13-26-12-6-2/h5-8,10-11,17H,1-2,9,12-16H2,3-4H3/t17-/m1/s1. The van der Waals surface area contributed by atoms with Crippen LogP contribution in [0, 0.1) is 5.92 Å². The molecule has 0 saturated carbocycles. The fourth-order valence-corrected chi connectivity index (χ4v) is 2.54. The first kappa shape index (κ1) is 22.8. The van der Waals surface area contributed by atoms with Gasteiger partial charge in [-0.1, -0.05) is 36.4 Å². The zero-order chi connectivity index (χ0) is 20.1. The van der Waals surface area contributed by atoms with E-state index in [1.807, 2.05) is 12.1 Å². The second-order valence-corrected chi connectivity index (χ2v) is 5.94. The number of ketones is 1. The Morgan fingerprint density at radius 1 is 1.15 bits per heavy atom. The summed E-state index contributed by atoms with van der Waals surface area (Å²) in [4.78, 5) is 30.1. The molecule has 1 amide bonds. The van der Waals surface area contributed by atoms with E-state index in [0.29, 0.717) is 38.4 Å². The molecular formula is C21H29NO5. The van der Waals surface area contributed by atoms with E-state index in [0.717, 1.165) is 10.6 Å². The molecule has 0 aromatic heterocycles. The number of ether oxygens (including phenoxy) is 2. The minimum Gasteiger partial charge on any atom is -0.375 e. The molecule has 0 heterocycles. The van der Waals surface area contributed by atoms with Crippen molar-refractivity contribution in [3.63, 3.8) is 0 Å². The van der Waals surface area contributed by atoms with Gasteiger partial charge in [0.05, 0.1) is 39.5 Å². The predicted molar refractivity (Wildman–Crippen MR) is 104 cm³/mol.